The molecule has 1 aliphatic rings. The van der Waals surface area contributed by atoms with E-state index >= 15 is 0 Å². The molecular formula is C18H21ClN6S. The van der Waals surface area contributed by atoms with E-state index in [4.69, 9.17) is 11.6 Å². The molecule has 0 radical (unpaired) electrons. The number of piperidine rings is 1. The van der Waals surface area contributed by atoms with Gasteiger partial charge in [-0.3, -0.25) is 4.57 Å². The highest BCUT2D eigenvalue weighted by atomic mass is 35.5. The number of thioether (sulfide) groups is 1. The van der Waals surface area contributed by atoms with E-state index in [0.717, 1.165) is 35.7 Å². The van der Waals surface area contributed by atoms with Crippen molar-refractivity contribution in [3.63, 3.8) is 0 Å². The first-order chi connectivity index (χ1) is 12.7. The minimum absolute atomic E-state index is 0.638. The lowest BCUT2D eigenvalue weighted by Crippen LogP contribution is -2.31. The van der Waals surface area contributed by atoms with Crippen LogP contribution in [-0.2, 0) is 12.8 Å². The zero-order valence-electron chi connectivity index (χ0n) is 14.7. The number of imidazole rings is 1. The van der Waals surface area contributed by atoms with Crippen LogP contribution < -0.4 is 4.90 Å². The Hall–Kier alpha value is -1.99. The zero-order valence-corrected chi connectivity index (χ0v) is 16.2. The molecule has 0 bridgehead atoms. The van der Waals surface area contributed by atoms with Crippen molar-refractivity contribution < 1.29 is 0 Å². The normalized spacial score (nSPS) is 14.8. The van der Waals surface area contributed by atoms with Crippen molar-refractivity contribution in [2.24, 2.45) is 7.05 Å². The van der Waals surface area contributed by atoms with Gasteiger partial charge in [-0.2, -0.15) is 0 Å². The molecule has 0 aliphatic carbocycles. The van der Waals surface area contributed by atoms with Crippen LogP contribution in [0.1, 0.15) is 25.1 Å². The molecule has 0 amide bonds. The maximum Gasteiger partial charge on any atom is 0.232 e. The van der Waals surface area contributed by atoms with Crippen molar-refractivity contribution in [1.82, 2.24) is 24.3 Å². The number of rotatable bonds is 5. The van der Waals surface area contributed by atoms with Gasteiger partial charge in [-0.1, -0.05) is 41.6 Å². The third kappa shape index (κ3) is 3.46. The van der Waals surface area contributed by atoms with Crippen LogP contribution in [0.5, 0.6) is 0 Å². The molecule has 0 spiro atoms. The highest BCUT2D eigenvalue weighted by Gasteiger charge is 2.21. The molecule has 26 heavy (non-hydrogen) atoms. The number of halogens is 1. The summed E-state index contributed by atoms with van der Waals surface area (Å²) < 4.78 is 4.05. The fraction of sp³-hybridized carbons (Fsp3) is 0.389. The quantitative estimate of drug-likeness (QED) is 0.620. The molecule has 1 saturated heterocycles. The third-order valence-electron chi connectivity index (χ3n) is 4.63. The monoisotopic (exact) mass is 388 g/mol. The maximum absolute atomic E-state index is 6.10. The Labute approximate surface area is 162 Å². The third-order valence-corrected chi connectivity index (χ3v) is 5.90. The van der Waals surface area contributed by atoms with Gasteiger partial charge >= 0.3 is 0 Å². The van der Waals surface area contributed by atoms with Crippen molar-refractivity contribution in [1.29, 1.82) is 0 Å². The van der Waals surface area contributed by atoms with E-state index in [1.807, 2.05) is 29.8 Å². The van der Waals surface area contributed by atoms with Crippen LogP contribution >= 0.6 is 23.4 Å². The average Bonchev–Trinajstić information content (AvgIpc) is 3.25. The minimum atomic E-state index is 0.638. The number of nitrogens with zero attached hydrogens (tertiary/aromatic N) is 6. The van der Waals surface area contributed by atoms with Gasteiger partial charge in [-0.25, -0.2) is 4.98 Å². The maximum atomic E-state index is 6.10. The van der Waals surface area contributed by atoms with E-state index in [1.165, 1.54) is 19.3 Å². The Morgan fingerprint density at radius 2 is 1.85 bits per heavy atom. The van der Waals surface area contributed by atoms with E-state index in [-0.39, 0.29) is 0 Å². The van der Waals surface area contributed by atoms with Gasteiger partial charge in [-0.15, -0.1) is 10.2 Å². The fourth-order valence-corrected chi connectivity index (χ4v) is 4.23. The standard InChI is InChI=1S/C18H21ClN6S/c1-23-15(19)12-20-16(23)13-26-18-22-21-17(24-10-6-3-7-11-24)25(18)14-8-4-2-5-9-14/h2,4-5,8-9,12H,3,6-7,10-11,13H2,1H3. The molecule has 0 atom stereocenters. The van der Waals surface area contributed by atoms with Gasteiger partial charge in [0.15, 0.2) is 5.16 Å². The van der Waals surface area contributed by atoms with Crippen molar-refractivity contribution >= 4 is 29.3 Å². The topological polar surface area (TPSA) is 51.8 Å². The molecule has 0 saturated carbocycles. The van der Waals surface area contributed by atoms with Gasteiger partial charge in [0.1, 0.15) is 11.0 Å². The summed E-state index contributed by atoms with van der Waals surface area (Å²) in [5.74, 6) is 2.53. The summed E-state index contributed by atoms with van der Waals surface area (Å²) in [4.78, 5) is 6.71. The van der Waals surface area contributed by atoms with E-state index < -0.39 is 0 Å². The highest BCUT2D eigenvalue weighted by Crippen LogP contribution is 2.30. The first kappa shape index (κ1) is 17.4. The second kappa shape index (κ2) is 7.72. The Balaban J connectivity index is 1.65. The summed E-state index contributed by atoms with van der Waals surface area (Å²) in [7, 11) is 1.92. The SMILES string of the molecule is Cn1c(Cl)cnc1CSc1nnc(N2CCCCC2)n1-c1ccccc1. The predicted molar refractivity (Wildman–Crippen MR) is 105 cm³/mol. The van der Waals surface area contributed by atoms with Crippen LogP contribution in [0.3, 0.4) is 0 Å². The number of benzene rings is 1. The van der Waals surface area contributed by atoms with Gasteiger partial charge in [0, 0.05) is 20.1 Å². The second-order valence-electron chi connectivity index (χ2n) is 6.35. The van der Waals surface area contributed by atoms with Gasteiger partial charge in [0.05, 0.1) is 17.6 Å². The summed E-state index contributed by atoms with van der Waals surface area (Å²) in [5, 5.41) is 10.5. The lowest BCUT2D eigenvalue weighted by atomic mass is 10.1. The van der Waals surface area contributed by atoms with Crippen LogP contribution in [0.4, 0.5) is 5.95 Å². The molecule has 4 rings (SSSR count). The largest absolute Gasteiger partial charge is 0.341 e. The minimum Gasteiger partial charge on any atom is -0.341 e. The highest BCUT2D eigenvalue weighted by molar-refractivity contribution is 7.98. The van der Waals surface area contributed by atoms with E-state index in [9.17, 15) is 0 Å². The van der Waals surface area contributed by atoms with Crippen LogP contribution in [0.25, 0.3) is 5.69 Å². The van der Waals surface area contributed by atoms with E-state index in [0.29, 0.717) is 10.9 Å². The molecule has 1 aromatic carbocycles. The van der Waals surface area contributed by atoms with E-state index in [1.54, 1.807) is 18.0 Å². The van der Waals surface area contributed by atoms with Crippen LogP contribution in [0.2, 0.25) is 5.15 Å². The summed E-state index contributed by atoms with van der Waals surface area (Å²) in [6.45, 7) is 2.06. The molecule has 1 aliphatic heterocycles. The molecule has 8 heteroatoms. The summed E-state index contributed by atoms with van der Waals surface area (Å²) in [6, 6.07) is 10.3. The van der Waals surface area contributed by atoms with Crippen molar-refractivity contribution in [3.05, 3.63) is 47.5 Å². The smallest absolute Gasteiger partial charge is 0.232 e. The Morgan fingerprint density at radius 1 is 1.08 bits per heavy atom. The Kier molecular flexibility index (Phi) is 5.17. The Bertz CT molecular complexity index is 869. The molecular weight excluding hydrogens is 368 g/mol. The first-order valence-electron chi connectivity index (χ1n) is 8.79. The number of hydrogen-bond acceptors (Lipinski definition) is 5. The van der Waals surface area contributed by atoms with E-state index in [2.05, 4.69) is 36.8 Å². The molecule has 6 nitrogen and oxygen atoms in total. The Morgan fingerprint density at radius 3 is 2.54 bits per heavy atom. The molecule has 2 aromatic heterocycles. The van der Waals surface area contributed by atoms with Gasteiger partial charge in [0.25, 0.3) is 0 Å². The number of anilines is 1. The van der Waals surface area contributed by atoms with Gasteiger partial charge in [-0.05, 0) is 31.4 Å². The molecule has 3 heterocycles. The molecule has 0 unspecified atom stereocenters. The molecule has 0 N–H and O–H groups in total. The van der Waals surface area contributed by atoms with Crippen molar-refractivity contribution in [2.45, 2.75) is 30.2 Å². The van der Waals surface area contributed by atoms with Crippen LogP contribution in [0.15, 0.2) is 41.7 Å². The fourth-order valence-electron chi connectivity index (χ4n) is 3.14. The second-order valence-corrected chi connectivity index (χ2v) is 7.68. The van der Waals surface area contributed by atoms with Crippen molar-refractivity contribution in [3.8, 4) is 5.69 Å². The summed E-state index contributed by atoms with van der Waals surface area (Å²) in [5.41, 5.74) is 1.08. The summed E-state index contributed by atoms with van der Waals surface area (Å²) in [6.07, 6.45) is 5.38. The lowest BCUT2D eigenvalue weighted by molar-refractivity contribution is 0.564. The summed E-state index contributed by atoms with van der Waals surface area (Å²) >= 11 is 7.72. The first-order valence-corrected chi connectivity index (χ1v) is 10.1. The molecule has 1 fully saturated rings. The number of para-hydroxylation sites is 1. The lowest BCUT2D eigenvalue weighted by Gasteiger charge is -2.27. The van der Waals surface area contributed by atoms with Crippen LogP contribution in [-0.4, -0.2) is 37.4 Å². The van der Waals surface area contributed by atoms with Crippen LogP contribution in [0, 0.1) is 0 Å². The number of aromatic nitrogens is 5. The molecule has 136 valence electrons. The van der Waals surface area contributed by atoms with Gasteiger partial charge < -0.3 is 9.47 Å². The average molecular weight is 389 g/mol. The molecule has 3 aromatic rings. The van der Waals surface area contributed by atoms with Crippen molar-refractivity contribution in [2.75, 3.05) is 18.0 Å². The van der Waals surface area contributed by atoms with Gasteiger partial charge in [0.2, 0.25) is 5.95 Å². The zero-order chi connectivity index (χ0) is 17.9. The predicted octanol–water partition coefficient (Wildman–Crippen LogP) is 3.94. The number of hydrogen-bond donors (Lipinski definition) is 0.